The Bertz CT molecular complexity index is 413. The number of alkyl halides is 3. The molecule has 92 valence electrons. The molecule has 0 radical (unpaired) electrons. The third kappa shape index (κ3) is 4.49. The van der Waals surface area contributed by atoms with Gasteiger partial charge >= 0.3 is 6.18 Å². The molecule has 0 fully saturated rings. The minimum absolute atomic E-state index is 0.0350. The van der Waals surface area contributed by atoms with Gasteiger partial charge in [-0.1, -0.05) is 24.0 Å². The second-order valence-corrected chi connectivity index (χ2v) is 3.59. The number of nitrogens with two attached hydrogens (primary N) is 1. The molecule has 0 saturated heterocycles. The third-order valence-corrected chi connectivity index (χ3v) is 2.21. The lowest BCUT2D eigenvalue weighted by Gasteiger charge is -2.07. The van der Waals surface area contributed by atoms with Crippen LogP contribution in [-0.2, 0) is 6.18 Å². The van der Waals surface area contributed by atoms with Gasteiger partial charge in [0, 0.05) is 12.0 Å². The zero-order chi connectivity index (χ0) is 12.7. The SMILES string of the molecule is NCCCCC#Cc1ccccc1C(F)(F)F. The van der Waals surface area contributed by atoms with Crippen molar-refractivity contribution in [3.05, 3.63) is 35.4 Å². The van der Waals surface area contributed by atoms with Crippen LogP contribution in [0, 0.1) is 11.8 Å². The second kappa shape index (κ2) is 6.31. The number of hydrogen-bond donors (Lipinski definition) is 1. The van der Waals surface area contributed by atoms with E-state index in [1.807, 2.05) is 0 Å². The van der Waals surface area contributed by atoms with E-state index in [1.165, 1.54) is 12.1 Å². The van der Waals surface area contributed by atoms with Crippen LogP contribution in [0.25, 0.3) is 0 Å². The molecule has 0 aliphatic carbocycles. The summed E-state index contributed by atoms with van der Waals surface area (Å²) in [5.74, 6) is 5.31. The number of halogens is 3. The fourth-order valence-corrected chi connectivity index (χ4v) is 1.35. The molecule has 1 rings (SSSR count). The normalized spacial score (nSPS) is 10.8. The predicted octanol–water partition coefficient (Wildman–Crippen LogP) is 3.19. The van der Waals surface area contributed by atoms with Crippen LogP contribution >= 0.6 is 0 Å². The van der Waals surface area contributed by atoms with E-state index in [9.17, 15) is 13.2 Å². The van der Waals surface area contributed by atoms with Gasteiger partial charge in [0.15, 0.2) is 0 Å². The molecule has 0 aliphatic heterocycles. The van der Waals surface area contributed by atoms with Gasteiger partial charge < -0.3 is 5.73 Å². The maximum atomic E-state index is 12.6. The summed E-state index contributed by atoms with van der Waals surface area (Å²) < 4.78 is 37.8. The molecule has 2 N–H and O–H groups in total. The van der Waals surface area contributed by atoms with Crippen LogP contribution in [0.3, 0.4) is 0 Å². The summed E-state index contributed by atoms with van der Waals surface area (Å²) in [7, 11) is 0. The van der Waals surface area contributed by atoms with Crippen LogP contribution in [0.5, 0.6) is 0 Å². The van der Waals surface area contributed by atoms with Crippen molar-refractivity contribution in [3.8, 4) is 11.8 Å². The average molecular weight is 241 g/mol. The van der Waals surface area contributed by atoms with Gasteiger partial charge in [-0.3, -0.25) is 0 Å². The molecule has 0 amide bonds. The fraction of sp³-hybridized carbons (Fsp3) is 0.385. The Morgan fingerprint density at radius 3 is 2.47 bits per heavy atom. The monoisotopic (exact) mass is 241 g/mol. The molecule has 1 aromatic rings. The maximum Gasteiger partial charge on any atom is 0.417 e. The topological polar surface area (TPSA) is 26.0 Å². The highest BCUT2D eigenvalue weighted by Gasteiger charge is 2.32. The standard InChI is InChI=1S/C13H14F3N/c14-13(15,16)12-9-5-4-8-11(12)7-3-1-2-6-10-17/h4-5,8-9H,1-2,6,10,17H2. The lowest BCUT2D eigenvalue weighted by Crippen LogP contribution is -2.07. The largest absolute Gasteiger partial charge is 0.417 e. The lowest BCUT2D eigenvalue weighted by molar-refractivity contribution is -0.137. The highest BCUT2D eigenvalue weighted by molar-refractivity contribution is 5.42. The Labute approximate surface area is 98.8 Å². The molecule has 0 spiro atoms. The Hall–Kier alpha value is -1.47. The summed E-state index contributed by atoms with van der Waals surface area (Å²) in [5, 5.41) is 0. The first kappa shape index (κ1) is 13.6. The quantitative estimate of drug-likeness (QED) is 0.638. The molecular formula is C13H14F3N. The van der Waals surface area contributed by atoms with E-state index in [0.717, 1.165) is 18.9 Å². The summed E-state index contributed by atoms with van der Waals surface area (Å²) in [6.45, 7) is 0.584. The van der Waals surface area contributed by atoms with Crippen LogP contribution in [0.2, 0.25) is 0 Å². The van der Waals surface area contributed by atoms with Gasteiger partial charge in [0.05, 0.1) is 5.56 Å². The highest BCUT2D eigenvalue weighted by atomic mass is 19.4. The molecule has 0 atom stereocenters. The molecule has 0 aromatic heterocycles. The zero-order valence-corrected chi connectivity index (χ0v) is 9.35. The number of hydrogen-bond acceptors (Lipinski definition) is 1. The third-order valence-electron chi connectivity index (χ3n) is 2.21. The van der Waals surface area contributed by atoms with E-state index in [2.05, 4.69) is 11.8 Å². The number of rotatable bonds is 3. The van der Waals surface area contributed by atoms with Crippen LogP contribution in [-0.4, -0.2) is 6.54 Å². The first-order chi connectivity index (χ1) is 8.05. The van der Waals surface area contributed by atoms with E-state index in [-0.39, 0.29) is 5.56 Å². The van der Waals surface area contributed by atoms with Crippen molar-refractivity contribution >= 4 is 0 Å². The Morgan fingerprint density at radius 2 is 1.82 bits per heavy atom. The van der Waals surface area contributed by atoms with Crippen molar-refractivity contribution in [1.29, 1.82) is 0 Å². The van der Waals surface area contributed by atoms with E-state index in [1.54, 1.807) is 6.07 Å². The molecule has 17 heavy (non-hydrogen) atoms. The van der Waals surface area contributed by atoms with Crippen LogP contribution in [0.1, 0.15) is 30.4 Å². The molecule has 1 nitrogen and oxygen atoms in total. The van der Waals surface area contributed by atoms with Gasteiger partial charge in [-0.25, -0.2) is 0 Å². The fourth-order valence-electron chi connectivity index (χ4n) is 1.35. The van der Waals surface area contributed by atoms with E-state index >= 15 is 0 Å². The summed E-state index contributed by atoms with van der Waals surface area (Å²) >= 11 is 0. The Balaban J connectivity index is 2.77. The Kier molecular flexibility index (Phi) is 5.05. The van der Waals surface area contributed by atoms with Gasteiger partial charge in [-0.05, 0) is 31.5 Å². The first-order valence-corrected chi connectivity index (χ1v) is 5.41. The van der Waals surface area contributed by atoms with Crippen molar-refractivity contribution < 1.29 is 13.2 Å². The minimum Gasteiger partial charge on any atom is -0.330 e. The van der Waals surface area contributed by atoms with Gasteiger partial charge in [0.2, 0.25) is 0 Å². The van der Waals surface area contributed by atoms with E-state index in [4.69, 9.17) is 5.73 Å². The van der Waals surface area contributed by atoms with Gasteiger partial charge in [-0.15, -0.1) is 0 Å². The molecule has 0 unspecified atom stereocenters. The molecule has 0 bridgehead atoms. The van der Waals surface area contributed by atoms with Gasteiger partial charge in [0.25, 0.3) is 0 Å². The summed E-state index contributed by atoms with van der Waals surface area (Å²) in [5.41, 5.74) is 4.67. The van der Waals surface area contributed by atoms with Gasteiger partial charge in [0.1, 0.15) is 0 Å². The minimum atomic E-state index is -4.34. The summed E-state index contributed by atoms with van der Waals surface area (Å²) in [4.78, 5) is 0. The predicted molar refractivity (Wildman–Crippen MR) is 61.2 cm³/mol. The Morgan fingerprint density at radius 1 is 1.12 bits per heavy atom. The number of benzene rings is 1. The first-order valence-electron chi connectivity index (χ1n) is 5.41. The highest BCUT2D eigenvalue weighted by Crippen LogP contribution is 2.31. The maximum absolute atomic E-state index is 12.6. The smallest absolute Gasteiger partial charge is 0.330 e. The second-order valence-electron chi connectivity index (χ2n) is 3.59. The van der Waals surface area contributed by atoms with Crippen LogP contribution < -0.4 is 5.73 Å². The molecule has 0 saturated carbocycles. The van der Waals surface area contributed by atoms with Crippen molar-refractivity contribution in [1.82, 2.24) is 0 Å². The van der Waals surface area contributed by atoms with Crippen molar-refractivity contribution in [3.63, 3.8) is 0 Å². The summed E-state index contributed by atoms with van der Waals surface area (Å²) in [6.07, 6.45) is -2.11. The van der Waals surface area contributed by atoms with Crippen molar-refractivity contribution in [2.75, 3.05) is 6.54 Å². The molecular weight excluding hydrogens is 227 g/mol. The molecule has 0 aliphatic rings. The molecule has 1 aromatic carbocycles. The van der Waals surface area contributed by atoms with Gasteiger partial charge in [-0.2, -0.15) is 13.2 Å². The summed E-state index contributed by atoms with van der Waals surface area (Å²) in [6, 6.07) is 5.35. The van der Waals surface area contributed by atoms with E-state index in [0.29, 0.717) is 13.0 Å². The van der Waals surface area contributed by atoms with Crippen molar-refractivity contribution in [2.24, 2.45) is 5.73 Å². The molecule has 4 heteroatoms. The zero-order valence-electron chi connectivity index (χ0n) is 9.35. The van der Waals surface area contributed by atoms with E-state index < -0.39 is 11.7 Å². The number of unbranched alkanes of at least 4 members (excludes halogenated alkanes) is 2. The lowest BCUT2D eigenvalue weighted by atomic mass is 10.1. The molecule has 0 heterocycles. The van der Waals surface area contributed by atoms with Crippen LogP contribution in [0.15, 0.2) is 24.3 Å². The average Bonchev–Trinajstić information content (AvgIpc) is 2.28. The van der Waals surface area contributed by atoms with Crippen molar-refractivity contribution in [2.45, 2.75) is 25.4 Å². The van der Waals surface area contributed by atoms with Crippen LogP contribution in [0.4, 0.5) is 13.2 Å².